The van der Waals surface area contributed by atoms with Gasteiger partial charge in [-0.1, -0.05) is 31.0 Å². The summed E-state index contributed by atoms with van der Waals surface area (Å²) in [6.07, 6.45) is 3.91. The molecule has 1 aromatic rings. The van der Waals surface area contributed by atoms with Crippen LogP contribution in [0.15, 0.2) is 24.3 Å². The van der Waals surface area contributed by atoms with Crippen molar-refractivity contribution in [2.45, 2.75) is 32.2 Å². The average molecular weight is 263 g/mol. The molecule has 0 aliphatic heterocycles. The number of benzene rings is 1. The Bertz CT molecular complexity index is 433. The van der Waals surface area contributed by atoms with E-state index in [9.17, 15) is 15.0 Å². The Hall–Kier alpha value is -1.55. The Labute approximate surface area is 113 Å². The van der Waals surface area contributed by atoms with Crippen molar-refractivity contribution in [1.29, 1.82) is 0 Å². The molecule has 1 fully saturated rings. The predicted molar refractivity (Wildman–Crippen MR) is 72.9 cm³/mol. The zero-order valence-electron chi connectivity index (χ0n) is 11.0. The van der Waals surface area contributed by atoms with Crippen LogP contribution in [0.1, 0.15) is 31.2 Å². The van der Waals surface area contributed by atoms with Gasteiger partial charge in [-0.15, -0.1) is 0 Å². The lowest BCUT2D eigenvalue weighted by Gasteiger charge is -2.28. The molecule has 0 radical (unpaired) electrons. The number of hydrogen-bond donors (Lipinski definition) is 3. The van der Waals surface area contributed by atoms with Gasteiger partial charge < -0.3 is 15.5 Å². The van der Waals surface area contributed by atoms with Gasteiger partial charge >= 0.3 is 5.97 Å². The molecule has 1 aliphatic carbocycles. The fourth-order valence-corrected chi connectivity index (χ4v) is 2.83. The second-order valence-electron chi connectivity index (χ2n) is 5.25. The van der Waals surface area contributed by atoms with Crippen molar-refractivity contribution in [2.24, 2.45) is 11.8 Å². The molecule has 4 nitrogen and oxygen atoms in total. The first-order chi connectivity index (χ1) is 9.18. The van der Waals surface area contributed by atoms with E-state index >= 15 is 0 Å². The summed E-state index contributed by atoms with van der Waals surface area (Å²) in [7, 11) is 0. The first kappa shape index (κ1) is 13.9. The van der Waals surface area contributed by atoms with Crippen LogP contribution in [-0.4, -0.2) is 22.7 Å². The Morgan fingerprint density at radius 2 is 2.00 bits per heavy atom. The summed E-state index contributed by atoms with van der Waals surface area (Å²) in [4.78, 5) is 11.2. The highest BCUT2D eigenvalue weighted by atomic mass is 16.4. The van der Waals surface area contributed by atoms with E-state index in [-0.39, 0.29) is 17.6 Å². The summed E-state index contributed by atoms with van der Waals surface area (Å²) < 4.78 is 0. The molecule has 1 aromatic carbocycles. The third-order valence-electron chi connectivity index (χ3n) is 3.94. The number of nitrogens with one attached hydrogen (secondary N) is 1. The van der Waals surface area contributed by atoms with Crippen molar-refractivity contribution in [3.63, 3.8) is 0 Å². The van der Waals surface area contributed by atoms with Crippen molar-refractivity contribution in [3.8, 4) is 5.75 Å². The van der Waals surface area contributed by atoms with Crippen LogP contribution in [0.3, 0.4) is 0 Å². The Balaban J connectivity index is 1.84. The van der Waals surface area contributed by atoms with E-state index in [1.807, 2.05) is 12.1 Å². The third kappa shape index (κ3) is 3.70. The SMILES string of the molecule is O=C(O)C1CCCCC1CNCc1ccccc1O. The number of aliphatic carboxylic acids is 1. The number of phenolic OH excluding ortho intramolecular Hbond substituents is 1. The third-order valence-corrected chi connectivity index (χ3v) is 3.94. The molecule has 1 aliphatic rings. The highest BCUT2D eigenvalue weighted by Gasteiger charge is 2.30. The minimum Gasteiger partial charge on any atom is -0.508 e. The average Bonchev–Trinajstić information content (AvgIpc) is 2.41. The van der Waals surface area contributed by atoms with Crippen LogP contribution in [0.5, 0.6) is 5.75 Å². The maximum absolute atomic E-state index is 11.2. The number of phenols is 1. The van der Waals surface area contributed by atoms with Gasteiger partial charge in [0.2, 0.25) is 0 Å². The molecule has 4 heteroatoms. The number of para-hydroxylation sites is 1. The van der Waals surface area contributed by atoms with E-state index in [4.69, 9.17) is 0 Å². The zero-order valence-corrected chi connectivity index (χ0v) is 11.0. The van der Waals surface area contributed by atoms with Crippen LogP contribution >= 0.6 is 0 Å². The predicted octanol–water partition coefficient (Wildman–Crippen LogP) is 2.37. The van der Waals surface area contributed by atoms with Crippen molar-refractivity contribution in [2.75, 3.05) is 6.54 Å². The molecular weight excluding hydrogens is 242 g/mol. The van der Waals surface area contributed by atoms with Crippen molar-refractivity contribution >= 4 is 5.97 Å². The van der Waals surface area contributed by atoms with Crippen LogP contribution in [0.2, 0.25) is 0 Å². The van der Waals surface area contributed by atoms with Crippen LogP contribution in [0, 0.1) is 11.8 Å². The molecule has 0 spiro atoms. The molecule has 0 aromatic heterocycles. The molecular formula is C15H21NO3. The lowest BCUT2D eigenvalue weighted by atomic mass is 9.79. The van der Waals surface area contributed by atoms with Gasteiger partial charge in [-0.3, -0.25) is 4.79 Å². The first-order valence-electron chi connectivity index (χ1n) is 6.89. The van der Waals surface area contributed by atoms with Gasteiger partial charge in [0.05, 0.1) is 5.92 Å². The van der Waals surface area contributed by atoms with E-state index < -0.39 is 5.97 Å². The largest absolute Gasteiger partial charge is 0.508 e. The molecule has 0 heterocycles. The Morgan fingerprint density at radius 1 is 1.26 bits per heavy atom. The molecule has 0 amide bonds. The number of carbonyl (C=O) groups is 1. The van der Waals surface area contributed by atoms with Crippen molar-refractivity contribution < 1.29 is 15.0 Å². The van der Waals surface area contributed by atoms with Gasteiger partial charge in [-0.2, -0.15) is 0 Å². The molecule has 2 atom stereocenters. The second kappa shape index (κ2) is 6.57. The number of aromatic hydroxyl groups is 1. The Morgan fingerprint density at radius 3 is 2.74 bits per heavy atom. The van der Waals surface area contributed by atoms with Gasteiger partial charge in [0.25, 0.3) is 0 Å². The van der Waals surface area contributed by atoms with Gasteiger partial charge in [-0.25, -0.2) is 0 Å². The fourth-order valence-electron chi connectivity index (χ4n) is 2.83. The smallest absolute Gasteiger partial charge is 0.306 e. The summed E-state index contributed by atoms with van der Waals surface area (Å²) in [5.74, 6) is -0.398. The highest BCUT2D eigenvalue weighted by molar-refractivity contribution is 5.70. The van der Waals surface area contributed by atoms with E-state index in [1.165, 1.54) is 0 Å². The summed E-state index contributed by atoms with van der Waals surface area (Å²) in [5, 5.41) is 22.1. The normalized spacial score (nSPS) is 23.2. The zero-order chi connectivity index (χ0) is 13.7. The van der Waals surface area contributed by atoms with E-state index in [2.05, 4.69) is 5.32 Å². The monoisotopic (exact) mass is 263 g/mol. The molecule has 0 bridgehead atoms. The van der Waals surface area contributed by atoms with Crippen LogP contribution in [0.25, 0.3) is 0 Å². The summed E-state index contributed by atoms with van der Waals surface area (Å²) in [6.45, 7) is 1.28. The van der Waals surface area contributed by atoms with Crippen molar-refractivity contribution in [3.05, 3.63) is 29.8 Å². The maximum atomic E-state index is 11.2. The quantitative estimate of drug-likeness (QED) is 0.763. The lowest BCUT2D eigenvalue weighted by molar-refractivity contribution is -0.144. The topological polar surface area (TPSA) is 69.6 Å². The number of hydrogen-bond acceptors (Lipinski definition) is 3. The molecule has 2 unspecified atom stereocenters. The van der Waals surface area contributed by atoms with Crippen LogP contribution in [0.4, 0.5) is 0 Å². The highest BCUT2D eigenvalue weighted by Crippen LogP contribution is 2.29. The van der Waals surface area contributed by atoms with Crippen LogP contribution < -0.4 is 5.32 Å². The number of rotatable bonds is 5. The number of carboxylic acids is 1. The van der Waals surface area contributed by atoms with Crippen molar-refractivity contribution in [1.82, 2.24) is 5.32 Å². The van der Waals surface area contributed by atoms with Crippen LogP contribution in [-0.2, 0) is 11.3 Å². The van der Waals surface area contributed by atoms with E-state index in [0.29, 0.717) is 13.1 Å². The molecule has 1 saturated carbocycles. The summed E-state index contributed by atoms with van der Waals surface area (Å²) in [5.41, 5.74) is 0.852. The molecule has 104 valence electrons. The first-order valence-corrected chi connectivity index (χ1v) is 6.89. The van der Waals surface area contributed by atoms with Gasteiger partial charge in [0.15, 0.2) is 0 Å². The van der Waals surface area contributed by atoms with Gasteiger partial charge in [-0.05, 0) is 31.4 Å². The molecule has 2 rings (SSSR count). The van der Waals surface area contributed by atoms with E-state index in [0.717, 1.165) is 31.2 Å². The summed E-state index contributed by atoms with van der Waals surface area (Å²) in [6, 6.07) is 7.22. The van der Waals surface area contributed by atoms with Gasteiger partial charge in [0, 0.05) is 12.1 Å². The summed E-state index contributed by atoms with van der Waals surface area (Å²) >= 11 is 0. The number of carboxylic acid groups (broad SMARTS) is 1. The molecule has 0 saturated heterocycles. The minimum absolute atomic E-state index is 0.206. The Kier molecular flexibility index (Phi) is 4.80. The van der Waals surface area contributed by atoms with Gasteiger partial charge in [0.1, 0.15) is 5.75 Å². The molecule has 19 heavy (non-hydrogen) atoms. The fraction of sp³-hybridized carbons (Fsp3) is 0.533. The minimum atomic E-state index is -0.672. The van der Waals surface area contributed by atoms with E-state index in [1.54, 1.807) is 12.1 Å². The second-order valence-corrected chi connectivity index (χ2v) is 5.25. The maximum Gasteiger partial charge on any atom is 0.306 e. The standard InChI is InChI=1S/C15H21NO3/c17-14-8-4-2-6-12(14)10-16-9-11-5-1-3-7-13(11)15(18)19/h2,4,6,8,11,13,16-17H,1,3,5,7,9-10H2,(H,18,19). The lowest BCUT2D eigenvalue weighted by Crippen LogP contribution is -2.34. The molecule has 3 N–H and O–H groups in total.